The number of hydrogen-bond donors (Lipinski definition) is 11. The Kier molecular flexibility index (Phi) is 17.4. The second-order valence-electron chi connectivity index (χ2n) is 23.4. The van der Waals surface area contributed by atoms with Crippen LogP contribution < -0.4 is 0 Å². The van der Waals surface area contributed by atoms with Crippen molar-refractivity contribution in [3.8, 4) is 0 Å². The molecule has 27 atom stereocenters. The van der Waals surface area contributed by atoms with Crippen LogP contribution in [0.25, 0.3) is 0 Å². The van der Waals surface area contributed by atoms with E-state index in [1.54, 1.807) is 6.92 Å². The van der Waals surface area contributed by atoms with E-state index in [1.807, 2.05) is 13.8 Å². The van der Waals surface area contributed by atoms with Gasteiger partial charge in [0.05, 0.1) is 43.2 Å². The smallest absolute Gasteiger partial charge is 0.389 e. The molecule has 27 unspecified atom stereocenters. The Morgan fingerprint density at radius 2 is 1.34 bits per heavy atom. The van der Waals surface area contributed by atoms with Crippen LogP contribution in [0.5, 0.6) is 0 Å². The van der Waals surface area contributed by atoms with Gasteiger partial charge in [0.25, 0.3) is 0 Å². The highest BCUT2D eigenvalue weighted by Gasteiger charge is 2.63. The van der Waals surface area contributed by atoms with Crippen LogP contribution >= 0.6 is 0 Å². The summed E-state index contributed by atoms with van der Waals surface area (Å²) in [4.78, 5) is 13.1. The van der Waals surface area contributed by atoms with E-state index < -0.39 is 169 Å². The lowest BCUT2D eigenvalue weighted by Gasteiger charge is -2.60. The minimum atomic E-state index is -4.84. The Bertz CT molecular complexity index is 2060. The van der Waals surface area contributed by atoms with Crippen molar-refractivity contribution >= 4 is 16.2 Å². The molecule has 4 saturated heterocycles. The van der Waals surface area contributed by atoms with E-state index in [0.717, 1.165) is 6.42 Å². The van der Waals surface area contributed by atoms with Gasteiger partial charge in [0.15, 0.2) is 25.2 Å². The van der Waals surface area contributed by atoms with E-state index in [-0.39, 0.29) is 42.3 Å². The first kappa shape index (κ1) is 57.7. The fourth-order valence-corrected chi connectivity index (χ4v) is 14.6. The van der Waals surface area contributed by atoms with Gasteiger partial charge in [-0.2, -0.15) is 8.42 Å². The van der Waals surface area contributed by atoms with Crippen molar-refractivity contribution in [2.75, 3.05) is 13.2 Å². The summed E-state index contributed by atoms with van der Waals surface area (Å²) in [6.45, 7) is 12.0. The van der Waals surface area contributed by atoms with Crippen LogP contribution in [0, 0.1) is 40.4 Å². The third kappa shape index (κ3) is 11.5. The Labute approximate surface area is 425 Å². The normalized spacial score (nSPS) is 50.3. The molecule has 0 aromatic heterocycles. The molecule has 0 aromatic rings. The molecule has 24 heteroatoms. The van der Waals surface area contributed by atoms with Gasteiger partial charge >= 0.3 is 10.4 Å². The quantitative estimate of drug-likeness (QED) is 0.0700. The van der Waals surface area contributed by atoms with Crippen molar-refractivity contribution in [1.82, 2.24) is 0 Å². The van der Waals surface area contributed by atoms with Gasteiger partial charge in [0, 0.05) is 12.8 Å². The molecule has 0 radical (unpaired) electrons. The van der Waals surface area contributed by atoms with Gasteiger partial charge in [0.1, 0.15) is 79.0 Å². The zero-order valence-electron chi connectivity index (χ0n) is 42.5. The van der Waals surface area contributed by atoms with Gasteiger partial charge in [-0.15, -0.1) is 0 Å². The summed E-state index contributed by atoms with van der Waals surface area (Å²) < 4.78 is 87.4. The van der Waals surface area contributed by atoms with Crippen LogP contribution in [0.15, 0.2) is 11.6 Å². The molecule has 7 fully saturated rings. The maximum absolute atomic E-state index is 13.1. The average Bonchev–Trinajstić information content (AvgIpc) is 3.67. The van der Waals surface area contributed by atoms with Crippen LogP contribution in [0.1, 0.15) is 106 Å². The van der Waals surface area contributed by atoms with Gasteiger partial charge in [-0.3, -0.25) is 9.35 Å². The first-order valence-corrected chi connectivity index (χ1v) is 27.3. The molecule has 3 saturated carbocycles. The van der Waals surface area contributed by atoms with Crippen LogP contribution in [-0.4, -0.2) is 211 Å². The molecular formula is C49H80O23S. The molecule has 11 N–H and O–H groups in total. The molecule has 4 aliphatic carbocycles. The first-order valence-electron chi connectivity index (χ1n) is 25.9. The molecule has 0 amide bonds. The topological polar surface area (TPSA) is 357 Å². The summed E-state index contributed by atoms with van der Waals surface area (Å²) in [5.41, 5.74) is -1.10. The summed E-state index contributed by atoms with van der Waals surface area (Å²) >= 11 is 0. The first-order chi connectivity index (χ1) is 34.0. The van der Waals surface area contributed by atoms with Gasteiger partial charge in [-0.25, -0.2) is 4.18 Å². The Balaban J connectivity index is 1.06. The van der Waals surface area contributed by atoms with E-state index in [2.05, 4.69) is 19.9 Å². The van der Waals surface area contributed by atoms with E-state index >= 15 is 0 Å². The summed E-state index contributed by atoms with van der Waals surface area (Å²) in [7, 11) is -4.84. The number of ketones is 1. The zero-order chi connectivity index (χ0) is 53.4. The maximum atomic E-state index is 13.1. The number of rotatable bonds is 15. The third-order valence-electron chi connectivity index (χ3n) is 17.8. The van der Waals surface area contributed by atoms with E-state index in [9.17, 15) is 68.8 Å². The highest BCUT2D eigenvalue weighted by molar-refractivity contribution is 7.80. The Morgan fingerprint density at radius 1 is 0.726 bits per heavy atom. The standard InChI is InChI=1S/C49H80O23S/c1-20(2)14-23(50)17-49(7,60)32-9-8-26-25-16-30(28-15-24(72-73(61,62)63)10-12-47(28,5)27(25)11-13-48(26,32)6)68-45-40(59)41(34(53)22(4)67-45)70-46-42(71-44-39(58)37(56)33(52)21(3)66-44)36(55)31(19-65-46)69-43-38(57)35(54)29(51)18-64-43/h11,20-22,24-26,28-46,51-60H,8-10,12-19H2,1-7H3,(H,61,62,63). The van der Waals surface area contributed by atoms with Crippen molar-refractivity contribution in [2.24, 2.45) is 40.4 Å². The molecule has 420 valence electrons. The van der Waals surface area contributed by atoms with Crippen molar-refractivity contribution in [3.05, 3.63) is 11.6 Å². The highest BCUT2D eigenvalue weighted by atomic mass is 32.3. The summed E-state index contributed by atoms with van der Waals surface area (Å²) in [5.74, 6) is -0.571. The van der Waals surface area contributed by atoms with E-state index in [1.165, 1.54) is 19.4 Å². The minimum Gasteiger partial charge on any atom is -0.389 e. The molecule has 8 rings (SSSR count). The fourth-order valence-electron chi connectivity index (χ4n) is 14.1. The molecule has 8 aliphatic rings. The van der Waals surface area contributed by atoms with Crippen LogP contribution in [0.3, 0.4) is 0 Å². The number of aliphatic hydroxyl groups is 10. The molecule has 73 heavy (non-hydrogen) atoms. The predicted molar refractivity (Wildman–Crippen MR) is 248 cm³/mol. The van der Waals surface area contributed by atoms with Crippen LogP contribution in [0.4, 0.5) is 0 Å². The second-order valence-corrected chi connectivity index (χ2v) is 24.5. The number of carbonyl (C=O) groups excluding carboxylic acids is 1. The predicted octanol–water partition coefficient (Wildman–Crippen LogP) is -0.889. The monoisotopic (exact) mass is 1070 g/mol. The lowest BCUT2D eigenvalue weighted by Crippen LogP contribution is -2.66. The maximum Gasteiger partial charge on any atom is 0.397 e. The van der Waals surface area contributed by atoms with Crippen molar-refractivity contribution in [2.45, 2.75) is 235 Å². The molecule has 4 heterocycles. The van der Waals surface area contributed by atoms with Gasteiger partial charge < -0.3 is 89.0 Å². The number of carbonyl (C=O) groups is 1. The Hall–Kier alpha value is -1.44. The summed E-state index contributed by atoms with van der Waals surface area (Å²) in [6.07, 6.45) is -24.3. The largest absolute Gasteiger partial charge is 0.397 e. The van der Waals surface area contributed by atoms with Gasteiger partial charge in [0.2, 0.25) is 0 Å². The van der Waals surface area contributed by atoms with Crippen LogP contribution in [-0.2, 0) is 57.3 Å². The molecule has 23 nitrogen and oxygen atoms in total. The number of fused-ring (bicyclic) bond motifs is 5. The molecule has 0 spiro atoms. The highest BCUT2D eigenvalue weighted by Crippen LogP contribution is 2.67. The number of hydrogen-bond acceptors (Lipinski definition) is 22. The number of allylic oxidation sites excluding steroid dienone is 2. The molecule has 0 aromatic carbocycles. The second kappa shape index (κ2) is 22.0. The Morgan fingerprint density at radius 3 is 2.01 bits per heavy atom. The van der Waals surface area contributed by atoms with Gasteiger partial charge in [-0.1, -0.05) is 39.3 Å². The third-order valence-corrected chi connectivity index (χ3v) is 18.3. The molecule has 4 aliphatic heterocycles. The minimum absolute atomic E-state index is 0.00564. The number of ether oxygens (including phenoxy) is 8. The lowest BCUT2D eigenvalue weighted by atomic mass is 9.47. The molecular weight excluding hydrogens is 989 g/mol. The SMILES string of the molecule is CC(C)CC(=O)CC(C)(O)C1CCC2C3CC(OC4OC(C)C(O)C(OC5OCC(OC6OCC(O)C(O)C6O)C(O)C5OC5OC(C)C(O)C(O)C5O)C4O)C4CC(OS(=O)(=O)O)CCC4(C)C3=CCC21C. The van der Waals surface area contributed by atoms with Crippen molar-refractivity contribution < 1.29 is 111 Å². The summed E-state index contributed by atoms with van der Waals surface area (Å²) in [5, 5.41) is 111. The fraction of sp³-hybridized carbons (Fsp3) is 0.939. The van der Waals surface area contributed by atoms with Crippen molar-refractivity contribution in [1.29, 1.82) is 0 Å². The number of aliphatic hydroxyl groups excluding tert-OH is 9. The number of Topliss-reactive ketones (excluding diaryl/α,β-unsaturated/α-hetero) is 1. The van der Waals surface area contributed by atoms with Crippen molar-refractivity contribution in [3.63, 3.8) is 0 Å². The lowest BCUT2D eigenvalue weighted by molar-refractivity contribution is -0.388. The van der Waals surface area contributed by atoms with E-state index in [4.69, 9.17) is 42.1 Å². The average molecular weight is 1070 g/mol. The van der Waals surface area contributed by atoms with Gasteiger partial charge in [-0.05, 0) is 106 Å². The summed E-state index contributed by atoms with van der Waals surface area (Å²) in [6, 6.07) is 0. The van der Waals surface area contributed by atoms with Crippen LogP contribution in [0.2, 0.25) is 0 Å². The molecule has 0 bridgehead atoms. The van der Waals surface area contributed by atoms with E-state index in [0.29, 0.717) is 38.5 Å². The zero-order valence-corrected chi connectivity index (χ0v) is 43.3.